The van der Waals surface area contributed by atoms with Crippen LogP contribution in [0.4, 0.5) is 5.69 Å². The molecule has 0 saturated heterocycles. The molecule has 0 aliphatic carbocycles. The van der Waals surface area contributed by atoms with Gasteiger partial charge in [-0.25, -0.2) is 0 Å². The molecule has 0 aliphatic rings. The molecule has 0 unspecified atom stereocenters. The zero-order valence-corrected chi connectivity index (χ0v) is 9.12. The van der Waals surface area contributed by atoms with E-state index in [4.69, 9.17) is 11.0 Å². The van der Waals surface area contributed by atoms with Crippen molar-refractivity contribution in [1.82, 2.24) is 0 Å². The molecule has 1 aromatic rings. The number of nitrogens with zero attached hydrogens (tertiary/aromatic N) is 1. The topological polar surface area (TPSA) is 66.9 Å². The minimum absolute atomic E-state index is 0.0834. The van der Waals surface area contributed by atoms with Crippen LogP contribution in [0.3, 0.4) is 0 Å². The Kier molecular flexibility index (Phi) is 2.88. The van der Waals surface area contributed by atoms with Gasteiger partial charge < -0.3 is 5.73 Å². The summed E-state index contributed by atoms with van der Waals surface area (Å²) < 4.78 is 0.750. The summed E-state index contributed by atoms with van der Waals surface area (Å²) in [6.45, 7) is 1.45. The Hall–Kier alpha value is -1.09. The number of nitriles is 1. The molecule has 0 aliphatic heterocycles. The van der Waals surface area contributed by atoms with Crippen LogP contribution < -0.4 is 5.73 Å². The Morgan fingerprint density at radius 2 is 2.23 bits per heavy atom. The maximum absolute atomic E-state index is 11.1. The Balaban J connectivity index is 3.39. The molecule has 0 fully saturated rings. The summed E-state index contributed by atoms with van der Waals surface area (Å²) in [7, 11) is 0. The van der Waals surface area contributed by atoms with Crippen molar-refractivity contribution in [3.05, 3.63) is 26.8 Å². The van der Waals surface area contributed by atoms with E-state index in [0.29, 0.717) is 16.8 Å². The van der Waals surface area contributed by atoms with Crippen LogP contribution in [0.15, 0.2) is 12.1 Å². The standard InChI is InChI=1S/C9H7IN2O/c1-5(13)7-3-8(10)6(4-11)2-9(7)12/h2-3H,12H2,1H3. The van der Waals surface area contributed by atoms with E-state index in [9.17, 15) is 4.79 Å². The van der Waals surface area contributed by atoms with E-state index in [1.54, 1.807) is 6.07 Å². The number of carbonyl (C=O) groups is 1. The lowest BCUT2D eigenvalue weighted by molar-refractivity contribution is 0.101. The minimum Gasteiger partial charge on any atom is -0.398 e. The van der Waals surface area contributed by atoms with Gasteiger partial charge in [0.2, 0.25) is 0 Å². The number of benzene rings is 1. The van der Waals surface area contributed by atoms with Crippen molar-refractivity contribution < 1.29 is 4.79 Å². The van der Waals surface area contributed by atoms with Gasteiger partial charge in [0.1, 0.15) is 6.07 Å². The Morgan fingerprint density at radius 3 is 2.69 bits per heavy atom. The highest BCUT2D eigenvalue weighted by Gasteiger charge is 2.08. The maximum atomic E-state index is 11.1. The summed E-state index contributed by atoms with van der Waals surface area (Å²) in [6.07, 6.45) is 0. The number of rotatable bonds is 1. The van der Waals surface area contributed by atoms with E-state index in [0.717, 1.165) is 3.57 Å². The predicted molar refractivity (Wildman–Crippen MR) is 58.3 cm³/mol. The van der Waals surface area contributed by atoms with Crippen molar-refractivity contribution in [1.29, 1.82) is 5.26 Å². The first-order valence-electron chi connectivity index (χ1n) is 3.56. The first-order valence-corrected chi connectivity index (χ1v) is 4.64. The van der Waals surface area contributed by atoms with Crippen LogP contribution in [0.1, 0.15) is 22.8 Å². The highest BCUT2D eigenvalue weighted by molar-refractivity contribution is 14.1. The molecule has 4 heteroatoms. The fraction of sp³-hybridized carbons (Fsp3) is 0.111. The third kappa shape index (κ3) is 1.98. The lowest BCUT2D eigenvalue weighted by Gasteiger charge is -2.03. The molecule has 0 amide bonds. The SMILES string of the molecule is CC(=O)c1cc(I)c(C#N)cc1N. The first-order chi connectivity index (χ1) is 6.06. The monoisotopic (exact) mass is 286 g/mol. The molecule has 0 radical (unpaired) electrons. The van der Waals surface area contributed by atoms with Gasteiger partial charge >= 0.3 is 0 Å². The van der Waals surface area contributed by atoms with Crippen LogP contribution in [0, 0.1) is 14.9 Å². The normalized spacial score (nSPS) is 9.31. The van der Waals surface area contributed by atoms with E-state index in [-0.39, 0.29) is 5.78 Å². The van der Waals surface area contributed by atoms with Gasteiger partial charge in [0.25, 0.3) is 0 Å². The maximum Gasteiger partial charge on any atom is 0.161 e. The van der Waals surface area contributed by atoms with Crippen molar-refractivity contribution in [3.63, 3.8) is 0 Å². The Bertz CT molecular complexity index is 407. The summed E-state index contributed by atoms with van der Waals surface area (Å²) >= 11 is 2.01. The lowest BCUT2D eigenvalue weighted by Crippen LogP contribution is -2.01. The summed E-state index contributed by atoms with van der Waals surface area (Å²) in [5.74, 6) is -0.0834. The lowest BCUT2D eigenvalue weighted by atomic mass is 10.1. The summed E-state index contributed by atoms with van der Waals surface area (Å²) in [5.41, 5.74) is 6.93. The summed E-state index contributed by atoms with van der Waals surface area (Å²) in [6, 6.07) is 5.17. The zero-order valence-electron chi connectivity index (χ0n) is 6.97. The number of nitrogens with two attached hydrogens (primary N) is 1. The molecule has 0 aromatic heterocycles. The third-order valence-corrected chi connectivity index (χ3v) is 2.53. The van der Waals surface area contributed by atoms with Gasteiger partial charge in [-0.1, -0.05) is 0 Å². The van der Waals surface area contributed by atoms with Gasteiger partial charge in [-0.2, -0.15) is 5.26 Å². The van der Waals surface area contributed by atoms with Crippen molar-refractivity contribution in [3.8, 4) is 6.07 Å². The van der Waals surface area contributed by atoms with Crippen molar-refractivity contribution in [2.24, 2.45) is 0 Å². The number of carbonyl (C=O) groups excluding carboxylic acids is 1. The molecule has 0 spiro atoms. The fourth-order valence-electron chi connectivity index (χ4n) is 0.981. The van der Waals surface area contributed by atoms with Gasteiger partial charge in [-0.05, 0) is 41.6 Å². The second-order valence-corrected chi connectivity index (χ2v) is 3.75. The highest BCUT2D eigenvalue weighted by atomic mass is 127. The molecule has 0 saturated carbocycles. The number of Topliss-reactive ketones (excluding diaryl/α,β-unsaturated/α-hetero) is 1. The van der Waals surface area contributed by atoms with E-state index in [1.165, 1.54) is 13.0 Å². The molecule has 3 nitrogen and oxygen atoms in total. The first kappa shape index (κ1) is 9.99. The van der Waals surface area contributed by atoms with Crippen molar-refractivity contribution >= 4 is 34.1 Å². The largest absolute Gasteiger partial charge is 0.398 e. The van der Waals surface area contributed by atoms with Gasteiger partial charge in [-0.15, -0.1) is 0 Å². The van der Waals surface area contributed by atoms with E-state index in [1.807, 2.05) is 28.7 Å². The predicted octanol–water partition coefficient (Wildman–Crippen LogP) is 1.95. The van der Waals surface area contributed by atoms with Crippen LogP contribution in [0.25, 0.3) is 0 Å². The molecular formula is C9H7IN2O. The van der Waals surface area contributed by atoms with Crippen molar-refractivity contribution in [2.75, 3.05) is 5.73 Å². The molecule has 0 atom stereocenters. The number of hydrogen-bond acceptors (Lipinski definition) is 3. The van der Waals surface area contributed by atoms with Crippen LogP contribution in [-0.2, 0) is 0 Å². The molecule has 2 N–H and O–H groups in total. The molecule has 0 bridgehead atoms. The second kappa shape index (κ2) is 3.75. The fourth-order valence-corrected chi connectivity index (χ4v) is 1.57. The van der Waals surface area contributed by atoms with Gasteiger partial charge in [0.05, 0.1) is 5.56 Å². The molecular weight excluding hydrogens is 279 g/mol. The second-order valence-electron chi connectivity index (χ2n) is 2.59. The van der Waals surface area contributed by atoms with E-state index < -0.39 is 0 Å². The van der Waals surface area contributed by atoms with Crippen LogP contribution in [-0.4, -0.2) is 5.78 Å². The number of hydrogen-bond donors (Lipinski definition) is 1. The third-order valence-electron chi connectivity index (χ3n) is 1.64. The zero-order chi connectivity index (χ0) is 10.0. The highest BCUT2D eigenvalue weighted by Crippen LogP contribution is 2.20. The van der Waals surface area contributed by atoms with Gasteiger partial charge in [-0.3, -0.25) is 4.79 Å². The minimum atomic E-state index is -0.0834. The Morgan fingerprint density at radius 1 is 1.62 bits per heavy atom. The van der Waals surface area contributed by atoms with E-state index >= 15 is 0 Å². The average Bonchev–Trinajstić information content (AvgIpc) is 2.07. The number of anilines is 1. The number of ketones is 1. The van der Waals surface area contributed by atoms with Crippen LogP contribution >= 0.6 is 22.6 Å². The van der Waals surface area contributed by atoms with Gasteiger partial charge in [0.15, 0.2) is 5.78 Å². The van der Waals surface area contributed by atoms with Crippen LogP contribution in [0.2, 0.25) is 0 Å². The number of nitrogen functional groups attached to an aromatic ring is 1. The van der Waals surface area contributed by atoms with Gasteiger partial charge in [0, 0.05) is 14.8 Å². The average molecular weight is 286 g/mol. The van der Waals surface area contributed by atoms with Crippen LogP contribution in [0.5, 0.6) is 0 Å². The van der Waals surface area contributed by atoms with Crippen molar-refractivity contribution in [2.45, 2.75) is 6.92 Å². The smallest absolute Gasteiger partial charge is 0.161 e. The Labute approximate surface area is 89.7 Å². The molecule has 13 heavy (non-hydrogen) atoms. The number of halogens is 1. The van der Waals surface area contributed by atoms with E-state index in [2.05, 4.69) is 0 Å². The molecule has 1 aromatic carbocycles. The quantitative estimate of drug-likeness (QED) is 0.487. The summed E-state index contributed by atoms with van der Waals surface area (Å²) in [5, 5.41) is 8.68. The molecule has 1 rings (SSSR count). The molecule has 66 valence electrons. The summed E-state index contributed by atoms with van der Waals surface area (Å²) in [4.78, 5) is 11.1. The molecule has 0 heterocycles.